The van der Waals surface area contributed by atoms with Gasteiger partial charge in [0.1, 0.15) is 5.82 Å². The number of carbonyl (C=O) groups excluding carboxylic acids is 1. The van der Waals surface area contributed by atoms with Crippen molar-refractivity contribution in [3.8, 4) is 11.3 Å². The number of anilines is 1. The van der Waals surface area contributed by atoms with Crippen LogP contribution >= 0.6 is 23.2 Å². The van der Waals surface area contributed by atoms with E-state index >= 15 is 0 Å². The number of urea groups is 1. The highest BCUT2D eigenvalue weighted by Gasteiger charge is 2.27. The molecule has 1 aromatic heterocycles. The van der Waals surface area contributed by atoms with Crippen LogP contribution in [-0.2, 0) is 19.5 Å². The molecule has 0 radical (unpaired) electrons. The largest absolute Gasteiger partial charge is 0.334 e. The van der Waals surface area contributed by atoms with Crippen LogP contribution in [0.1, 0.15) is 30.7 Å². The summed E-state index contributed by atoms with van der Waals surface area (Å²) < 4.78 is 2.24. The van der Waals surface area contributed by atoms with E-state index in [0.717, 1.165) is 42.2 Å². The van der Waals surface area contributed by atoms with Gasteiger partial charge in [0.2, 0.25) is 0 Å². The van der Waals surface area contributed by atoms with Gasteiger partial charge in [0, 0.05) is 53.5 Å². The Morgan fingerprint density at radius 3 is 2.71 bits per heavy atom. The van der Waals surface area contributed by atoms with Crippen molar-refractivity contribution in [3.63, 3.8) is 0 Å². The van der Waals surface area contributed by atoms with E-state index in [1.54, 1.807) is 18.2 Å². The van der Waals surface area contributed by atoms with E-state index in [-0.39, 0.29) is 6.03 Å². The van der Waals surface area contributed by atoms with Gasteiger partial charge in [-0.1, -0.05) is 41.4 Å². The number of imidazole rings is 1. The fraction of sp³-hybridized carbons (Fsp3) is 0.333. The Kier molecular flexibility index (Phi) is 5.63. The SMILES string of the molecule is O=C(Nc1cc(Cl)cc(Cl)c1)N(Cc1cccc(-c2cn3c(n2)CCC3)c1)CC1CC1. The molecule has 2 aliphatic rings. The van der Waals surface area contributed by atoms with Gasteiger partial charge in [-0.05, 0) is 55.0 Å². The number of nitrogens with one attached hydrogen (secondary N) is 1. The molecule has 2 aromatic carbocycles. The molecule has 3 aromatic rings. The number of fused-ring (bicyclic) bond motifs is 1. The molecule has 7 heteroatoms. The van der Waals surface area contributed by atoms with E-state index in [4.69, 9.17) is 28.2 Å². The first-order chi connectivity index (χ1) is 15.0. The molecule has 31 heavy (non-hydrogen) atoms. The Morgan fingerprint density at radius 2 is 1.97 bits per heavy atom. The quantitative estimate of drug-likeness (QED) is 0.478. The zero-order valence-corrected chi connectivity index (χ0v) is 18.7. The van der Waals surface area contributed by atoms with Gasteiger partial charge in [0.25, 0.3) is 0 Å². The van der Waals surface area contributed by atoms with Crippen LogP contribution in [0.15, 0.2) is 48.7 Å². The van der Waals surface area contributed by atoms with Crippen LogP contribution in [0, 0.1) is 5.92 Å². The molecule has 1 fully saturated rings. The Labute approximate surface area is 192 Å². The molecule has 1 aliphatic carbocycles. The number of hydrogen-bond acceptors (Lipinski definition) is 2. The third kappa shape index (κ3) is 4.89. The lowest BCUT2D eigenvalue weighted by atomic mass is 10.1. The highest BCUT2D eigenvalue weighted by atomic mass is 35.5. The van der Waals surface area contributed by atoms with Crippen LogP contribution in [0.2, 0.25) is 10.0 Å². The van der Waals surface area contributed by atoms with Gasteiger partial charge in [-0.15, -0.1) is 0 Å². The zero-order chi connectivity index (χ0) is 21.4. The molecule has 1 N–H and O–H groups in total. The van der Waals surface area contributed by atoms with Crippen LogP contribution in [-0.4, -0.2) is 27.0 Å². The lowest BCUT2D eigenvalue weighted by Gasteiger charge is -2.23. The van der Waals surface area contributed by atoms with Crippen molar-refractivity contribution in [2.75, 3.05) is 11.9 Å². The number of rotatable bonds is 6. The number of halogens is 2. The molecule has 0 bridgehead atoms. The number of hydrogen-bond donors (Lipinski definition) is 1. The molecule has 2 amide bonds. The minimum Gasteiger partial charge on any atom is -0.334 e. The standard InChI is InChI=1S/C24H24Cl2N4O/c25-19-10-20(26)12-21(11-19)27-24(31)30(13-16-6-7-16)14-17-3-1-4-18(9-17)22-15-29-8-2-5-23(29)28-22/h1,3-4,9-12,15-16H,2,5-8,13-14H2,(H,27,31). The smallest absolute Gasteiger partial charge is 0.322 e. The number of aryl methyl sites for hydroxylation is 2. The summed E-state index contributed by atoms with van der Waals surface area (Å²) in [7, 11) is 0. The summed E-state index contributed by atoms with van der Waals surface area (Å²) in [5.41, 5.74) is 3.78. The van der Waals surface area contributed by atoms with Gasteiger partial charge in [0.15, 0.2) is 0 Å². The summed E-state index contributed by atoms with van der Waals surface area (Å²) in [4.78, 5) is 19.7. The first-order valence-electron chi connectivity index (χ1n) is 10.7. The Balaban J connectivity index is 1.34. The van der Waals surface area contributed by atoms with Crippen LogP contribution < -0.4 is 5.32 Å². The predicted octanol–water partition coefficient (Wildman–Crippen LogP) is 6.25. The molecule has 0 saturated heterocycles. The highest BCUT2D eigenvalue weighted by Crippen LogP contribution is 2.31. The van der Waals surface area contributed by atoms with Crippen molar-refractivity contribution in [3.05, 3.63) is 70.1 Å². The van der Waals surface area contributed by atoms with E-state index in [1.165, 1.54) is 19.3 Å². The molecule has 5 rings (SSSR count). The average molecular weight is 455 g/mol. The molecule has 2 heterocycles. The fourth-order valence-corrected chi connectivity index (χ4v) is 4.63. The second-order valence-corrected chi connectivity index (χ2v) is 9.32. The van der Waals surface area contributed by atoms with Crippen molar-refractivity contribution in [1.82, 2.24) is 14.5 Å². The summed E-state index contributed by atoms with van der Waals surface area (Å²) in [6.45, 7) is 2.33. The molecule has 0 unspecified atom stereocenters. The molecule has 0 atom stereocenters. The molecule has 1 saturated carbocycles. The summed E-state index contributed by atoms with van der Waals surface area (Å²) >= 11 is 12.2. The molecule has 160 valence electrons. The molecule has 1 aliphatic heterocycles. The van der Waals surface area contributed by atoms with Crippen molar-refractivity contribution in [2.24, 2.45) is 5.92 Å². The fourth-order valence-electron chi connectivity index (χ4n) is 4.10. The number of nitrogens with zero attached hydrogens (tertiary/aromatic N) is 3. The topological polar surface area (TPSA) is 50.2 Å². The van der Waals surface area contributed by atoms with Gasteiger partial charge in [0.05, 0.1) is 5.69 Å². The minimum absolute atomic E-state index is 0.142. The normalized spacial score (nSPS) is 15.0. The number of aromatic nitrogens is 2. The second kappa shape index (κ2) is 8.56. The summed E-state index contributed by atoms with van der Waals surface area (Å²) in [5, 5.41) is 3.94. The lowest BCUT2D eigenvalue weighted by molar-refractivity contribution is 0.206. The number of carbonyl (C=O) groups is 1. The van der Waals surface area contributed by atoms with Crippen molar-refractivity contribution in [1.29, 1.82) is 0 Å². The van der Waals surface area contributed by atoms with Crippen molar-refractivity contribution in [2.45, 2.75) is 38.8 Å². The monoisotopic (exact) mass is 454 g/mol. The van der Waals surface area contributed by atoms with Crippen molar-refractivity contribution < 1.29 is 4.79 Å². The second-order valence-electron chi connectivity index (χ2n) is 8.45. The predicted molar refractivity (Wildman–Crippen MR) is 125 cm³/mol. The number of amides is 2. The summed E-state index contributed by atoms with van der Waals surface area (Å²) in [6.07, 6.45) is 6.70. The summed E-state index contributed by atoms with van der Waals surface area (Å²) in [6, 6.07) is 13.3. The maximum atomic E-state index is 13.1. The van der Waals surface area contributed by atoms with Crippen LogP contribution in [0.4, 0.5) is 10.5 Å². The molecular weight excluding hydrogens is 431 g/mol. The third-order valence-electron chi connectivity index (χ3n) is 5.83. The maximum absolute atomic E-state index is 13.1. The molecular formula is C24H24Cl2N4O. The Bertz CT molecular complexity index is 1080. The lowest BCUT2D eigenvalue weighted by Crippen LogP contribution is -2.36. The third-order valence-corrected chi connectivity index (χ3v) is 6.27. The zero-order valence-electron chi connectivity index (χ0n) is 17.2. The number of benzene rings is 2. The van der Waals surface area contributed by atoms with Gasteiger partial charge >= 0.3 is 6.03 Å². The molecule has 5 nitrogen and oxygen atoms in total. The van der Waals surface area contributed by atoms with E-state index in [1.807, 2.05) is 11.0 Å². The summed E-state index contributed by atoms with van der Waals surface area (Å²) in [5.74, 6) is 1.74. The Hall–Kier alpha value is -2.50. The van der Waals surface area contributed by atoms with E-state index in [9.17, 15) is 4.79 Å². The van der Waals surface area contributed by atoms with E-state index in [2.05, 4.69) is 34.3 Å². The van der Waals surface area contributed by atoms with Crippen LogP contribution in [0.5, 0.6) is 0 Å². The van der Waals surface area contributed by atoms with E-state index in [0.29, 0.717) is 28.2 Å². The van der Waals surface area contributed by atoms with Crippen LogP contribution in [0.25, 0.3) is 11.3 Å². The van der Waals surface area contributed by atoms with Gasteiger partial charge in [-0.3, -0.25) is 0 Å². The maximum Gasteiger partial charge on any atom is 0.322 e. The van der Waals surface area contributed by atoms with Crippen LogP contribution in [0.3, 0.4) is 0 Å². The minimum atomic E-state index is -0.142. The first-order valence-corrected chi connectivity index (χ1v) is 11.5. The van der Waals surface area contributed by atoms with Gasteiger partial charge in [-0.2, -0.15) is 0 Å². The Morgan fingerprint density at radius 1 is 1.16 bits per heavy atom. The van der Waals surface area contributed by atoms with E-state index < -0.39 is 0 Å². The average Bonchev–Trinajstić information content (AvgIpc) is 3.27. The van der Waals surface area contributed by atoms with Gasteiger partial charge in [-0.25, -0.2) is 9.78 Å². The first kappa shape index (κ1) is 20.4. The van der Waals surface area contributed by atoms with Gasteiger partial charge < -0.3 is 14.8 Å². The highest BCUT2D eigenvalue weighted by molar-refractivity contribution is 6.35. The van der Waals surface area contributed by atoms with Crippen molar-refractivity contribution >= 4 is 34.9 Å². The molecule has 0 spiro atoms.